The molecule has 0 radical (unpaired) electrons. The predicted octanol–water partition coefficient (Wildman–Crippen LogP) is 3.66. The molecule has 0 bridgehead atoms. The Labute approximate surface area is 126 Å². The van der Waals surface area contributed by atoms with Crippen LogP contribution in [0, 0.1) is 16.0 Å². The highest BCUT2D eigenvalue weighted by molar-refractivity contribution is 9.11. The number of rotatable bonds is 3. The highest BCUT2D eigenvalue weighted by Gasteiger charge is 2.31. The van der Waals surface area contributed by atoms with Crippen LogP contribution in [0.1, 0.15) is 6.42 Å². The quantitative estimate of drug-likeness (QED) is 0.450. The summed E-state index contributed by atoms with van der Waals surface area (Å²) in [7, 11) is 0. The molecule has 100 valence electrons. The van der Waals surface area contributed by atoms with Crippen LogP contribution in [0.5, 0.6) is 0 Å². The Morgan fingerprint density at radius 3 is 2.42 bits per heavy atom. The van der Waals surface area contributed by atoms with Crippen LogP contribution in [0.15, 0.2) is 33.7 Å². The van der Waals surface area contributed by atoms with Gasteiger partial charge in [-0.25, -0.2) is 0 Å². The SMILES string of the molecule is C=CC1CC(=O)N(c2c(Br)cc([N+](=O)[O-])cc2Br)C1. The number of benzene rings is 1. The fourth-order valence-corrected chi connectivity index (χ4v) is 3.61. The van der Waals surface area contributed by atoms with Gasteiger partial charge in [0.2, 0.25) is 5.91 Å². The first-order chi connectivity index (χ1) is 8.93. The Bertz CT molecular complexity index is 551. The van der Waals surface area contributed by atoms with Crippen molar-refractivity contribution in [3.05, 3.63) is 43.8 Å². The van der Waals surface area contributed by atoms with Gasteiger partial charge in [-0.15, -0.1) is 6.58 Å². The Kier molecular flexibility index (Phi) is 4.05. The number of carbonyl (C=O) groups excluding carboxylic acids is 1. The molecule has 7 heteroatoms. The first-order valence-electron chi connectivity index (χ1n) is 5.50. The number of non-ortho nitro benzene ring substituents is 1. The van der Waals surface area contributed by atoms with Crippen LogP contribution in [0.4, 0.5) is 11.4 Å². The normalized spacial score (nSPS) is 18.7. The molecule has 19 heavy (non-hydrogen) atoms. The molecule has 0 spiro atoms. The summed E-state index contributed by atoms with van der Waals surface area (Å²) in [6, 6.07) is 2.79. The molecule has 1 aliphatic heterocycles. The third kappa shape index (κ3) is 2.71. The topological polar surface area (TPSA) is 63.5 Å². The molecule has 5 nitrogen and oxygen atoms in total. The van der Waals surface area contributed by atoms with Gasteiger partial charge in [0.05, 0.1) is 10.6 Å². The second kappa shape index (κ2) is 5.42. The van der Waals surface area contributed by atoms with Crippen molar-refractivity contribution in [2.24, 2.45) is 5.92 Å². The van der Waals surface area contributed by atoms with Crippen molar-refractivity contribution in [1.29, 1.82) is 0 Å². The lowest BCUT2D eigenvalue weighted by atomic mass is 10.1. The number of hydrogen-bond donors (Lipinski definition) is 0. The van der Waals surface area contributed by atoms with Crippen molar-refractivity contribution >= 4 is 49.1 Å². The first kappa shape index (κ1) is 14.2. The fraction of sp³-hybridized carbons (Fsp3) is 0.250. The second-order valence-corrected chi connectivity index (χ2v) is 5.93. The molecule has 1 amide bonds. The lowest BCUT2D eigenvalue weighted by Gasteiger charge is -2.19. The largest absolute Gasteiger partial charge is 0.310 e. The maximum absolute atomic E-state index is 12.0. The Hall–Kier alpha value is -1.21. The van der Waals surface area contributed by atoms with Crippen molar-refractivity contribution in [2.45, 2.75) is 6.42 Å². The third-order valence-corrected chi connectivity index (χ3v) is 4.18. The molecular formula is C12H10Br2N2O3. The zero-order chi connectivity index (χ0) is 14.2. The summed E-state index contributed by atoms with van der Waals surface area (Å²) in [6.07, 6.45) is 2.17. The molecule has 1 aromatic rings. The van der Waals surface area contributed by atoms with E-state index in [0.717, 1.165) is 0 Å². The molecular weight excluding hydrogens is 380 g/mol. The molecule has 1 atom stereocenters. The molecule has 0 saturated carbocycles. The van der Waals surface area contributed by atoms with Crippen molar-refractivity contribution in [3.8, 4) is 0 Å². The van der Waals surface area contributed by atoms with E-state index in [0.29, 0.717) is 27.6 Å². The Morgan fingerprint density at radius 2 is 2.00 bits per heavy atom. The van der Waals surface area contributed by atoms with E-state index in [1.54, 1.807) is 11.0 Å². The van der Waals surface area contributed by atoms with Gasteiger partial charge in [0.1, 0.15) is 0 Å². The van der Waals surface area contributed by atoms with Crippen molar-refractivity contribution < 1.29 is 9.72 Å². The monoisotopic (exact) mass is 388 g/mol. The van der Waals surface area contributed by atoms with Gasteiger partial charge >= 0.3 is 0 Å². The minimum absolute atomic E-state index is 0.0137. The van der Waals surface area contributed by atoms with E-state index in [4.69, 9.17) is 0 Å². The molecule has 1 aliphatic rings. The number of nitrogens with zero attached hydrogens (tertiary/aromatic N) is 2. The summed E-state index contributed by atoms with van der Waals surface area (Å²) in [5, 5.41) is 10.8. The molecule has 2 rings (SSSR count). The average molecular weight is 390 g/mol. The van der Waals surface area contributed by atoms with E-state index >= 15 is 0 Å². The van der Waals surface area contributed by atoms with Crippen molar-refractivity contribution in [3.63, 3.8) is 0 Å². The van der Waals surface area contributed by atoms with E-state index in [1.165, 1.54) is 12.1 Å². The number of nitro groups is 1. The van der Waals surface area contributed by atoms with Crippen LogP contribution in [-0.2, 0) is 4.79 Å². The molecule has 1 aromatic carbocycles. The average Bonchev–Trinajstić information content (AvgIpc) is 2.70. The minimum atomic E-state index is -0.475. The number of carbonyl (C=O) groups is 1. The standard InChI is InChI=1S/C12H10Br2N2O3/c1-2-7-3-11(17)15(6-7)12-9(13)4-8(16(18)19)5-10(12)14/h2,4-5,7H,1,3,6H2. The smallest absolute Gasteiger partial charge is 0.271 e. The zero-order valence-electron chi connectivity index (χ0n) is 9.81. The summed E-state index contributed by atoms with van der Waals surface area (Å²) < 4.78 is 1.04. The number of anilines is 1. The zero-order valence-corrected chi connectivity index (χ0v) is 13.0. The first-order valence-corrected chi connectivity index (χ1v) is 7.09. The number of hydrogen-bond acceptors (Lipinski definition) is 3. The summed E-state index contributed by atoms with van der Waals surface area (Å²) in [4.78, 5) is 23.9. The molecule has 1 fully saturated rings. The second-order valence-electron chi connectivity index (χ2n) is 4.22. The maximum atomic E-state index is 12.0. The number of halogens is 2. The molecule has 0 aliphatic carbocycles. The molecule has 1 heterocycles. The molecule has 0 aromatic heterocycles. The fourth-order valence-electron chi connectivity index (χ4n) is 2.02. The summed E-state index contributed by atoms with van der Waals surface area (Å²) in [6.45, 7) is 4.23. The van der Waals surface area contributed by atoms with Crippen LogP contribution >= 0.6 is 31.9 Å². The lowest BCUT2D eigenvalue weighted by Crippen LogP contribution is -2.25. The summed E-state index contributed by atoms with van der Waals surface area (Å²) in [5.74, 6) is 0.0987. The van der Waals surface area contributed by atoms with Crippen molar-refractivity contribution in [1.82, 2.24) is 0 Å². The minimum Gasteiger partial charge on any atom is -0.310 e. The van der Waals surface area contributed by atoms with E-state index < -0.39 is 4.92 Å². The van der Waals surface area contributed by atoms with Crippen LogP contribution < -0.4 is 4.90 Å². The highest BCUT2D eigenvalue weighted by Crippen LogP contribution is 2.40. The third-order valence-electron chi connectivity index (χ3n) is 2.97. The van der Waals surface area contributed by atoms with E-state index in [1.807, 2.05) is 0 Å². The Balaban J connectivity index is 2.43. The number of nitro benzene ring substituents is 1. The van der Waals surface area contributed by atoms with E-state index in [2.05, 4.69) is 38.4 Å². The molecule has 0 N–H and O–H groups in total. The number of amides is 1. The van der Waals surface area contributed by atoms with Gasteiger partial charge in [-0.2, -0.15) is 0 Å². The van der Waals surface area contributed by atoms with Gasteiger partial charge in [-0.1, -0.05) is 6.08 Å². The van der Waals surface area contributed by atoms with E-state index in [9.17, 15) is 14.9 Å². The maximum Gasteiger partial charge on any atom is 0.271 e. The van der Waals surface area contributed by atoms with Crippen molar-refractivity contribution in [2.75, 3.05) is 11.4 Å². The van der Waals surface area contributed by atoms with Gasteiger partial charge < -0.3 is 4.90 Å². The van der Waals surface area contributed by atoms with Crippen LogP contribution in [-0.4, -0.2) is 17.4 Å². The summed E-state index contributed by atoms with van der Waals surface area (Å²) >= 11 is 6.58. The Morgan fingerprint density at radius 1 is 1.42 bits per heavy atom. The predicted molar refractivity (Wildman–Crippen MR) is 79.2 cm³/mol. The lowest BCUT2D eigenvalue weighted by molar-refractivity contribution is -0.385. The van der Waals surface area contributed by atoms with Gasteiger partial charge in [0.15, 0.2) is 0 Å². The molecule has 1 unspecified atom stereocenters. The van der Waals surface area contributed by atoms with Crippen LogP contribution in [0.3, 0.4) is 0 Å². The van der Waals surface area contributed by atoms with Gasteiger partial charge in [0.25, 0.3) is 5.69 Å². The molecule has 1 saturated heterocycles. The van der Waals surface area contributed by atoms with Gasteiger partial charge in [-0.05, 0) is 31.9 Å². The van der Waals surface area contributed by atoms with E-state index in [-0.39, 0.29) is 17.5 Å². The van der Waals surface area contributed by atoms with Gasteiger partial charge in [0, 0.05) is 40.0 Å². The van der Waals surface area contributed by atoms with Crippen LogP contribution in [0.25, 0.3) is 0 Å². The van der Waals surface area contributed by atoms with Gasteiger partial charge in [-0.3, -0.25) is 14.9 Å². The summed E-state index contributed by atoms with van der Waals surface area (Å²) in [5.41, 5.74) is 0.592. The van der Waals surface area contributed by atoms with Crippen LogP contribution in [0.2, 0.25) is 0 Å². The highest BCUT2D eigenvalue weighted by atomic mass is 79.9.